The minimum Gasteiger partial charge on any atom is -0.319 e. The van der Waals surface area contributed by atoms with Crippen molar-refractivity contribution in [1.82, 2.24) is 4.57 Å². The molecular weight excluding hydrogens is 259 g/mol. The highest BCUT2D eigenvalue weighted by molar-refractivity contribution is 6.05. The number of aryl methyl sites for hydroxylation is 2. The van der Waals surface area contributed by atoms with Crippen LogP contribution in [0.15, 0.2) is 35.1 Å². The van der Waals surface area contributed by atoms with E-state index in [-0.39, 0.29) is 11.3 Å². The summed E-state index contributed by atoms with van der Waals surface area (Å²) >= 11 is 0. The van der Waals surface area contributed by atoms with E-state index in [1.165, 1.54) is 22.8 Å². The van der Waals surface area contributed by atoms with Crippen LogP contribution >= 0.6 is 0 Å². The van der Waals surface area contributed by atoms with E-state index in [1.54, 1.807) is 33.0 Å². The molecule has 0 saturated carbocycles. The number of para-hydroxylation sites is 1. The topological polar surface area (TPSA) is 51.1 Å². The normalized spacial score (nSPS) is 10.4. The minimum absolute atomic E-state index is 0.0290. The number of halogens is 1. The van der Waals surface area contributed by atoms with E-state index in [1.807, 2.05) is 0 Å². The van der Waals surface area contributed by atoms with Gasteiger partial charge in [-0.05, 0) is 37.6 Å². The van der Waals surface area contributed by atoms with Gasteiger partial charge in [-0.15, -0.1) is 0 Å². The smallest absolute Gasteiger partial charge is 0.263 e. The van der Waals surface area contributed by atoms with Crippen LogP contribution in [0.4, 0.5) is 10.1 Å². The molecule has 1 aromatic heterocycles. The molecule has 1 heterocycles. The third-order valence-corrected chi connectivity index (χ3v) is 3.22. The molecule has 1 N–H and O–H groups in total. The maximum atomic E-state index is 13.5. The molecule has 0 unspecified atom stereocenters. The number of amides is 1. The lowest BCUT2D eigenvalue weighted by Crippen LogP contribution is -2.30. The summed E-state index contributed by atoms with van der Waals surface area (Å²) in [5, 5.41) is 2.43. The largest absolute Gasteiger partial charge is 0.319 e. The van der Waals surface area contributed by atoms with Gasteiger partial charge in [0.15, 0.2) is 0 Å². The first kappa shape index (κ1) is 14.0. The van der Waals surface area contributed by atoms with E-state index in [4.69, 9.17) is 0 Å². The van der Waals surface area contributed by atoms with E-state index in [2.05, 4.69) is 5.32 Å². The maximum Gasteiger partial charge on any atom is 0.263 e. The Labute approximate surface area is 115 Å². The molecule has 0 bridgehead atoms. The highest BCUT2D eigenvalue weighted by Gasteiger charge is 2.17. The lowest BCUT2D eigenvalue weighted by atomic mass is 10.1. The average molecular weight is 274 g/mol. The van der Waals surface area contributed by atoms with Crippen LogP contribution in [-0.2, 0) is 7.05 Å². The van der Waals surface area contributed by atoms with E-state index >= 15 is 0 Å². The van der Waals surface area contributed by atoms with Gasteiger partial charge in [0.2, 0.25) is 0 Å². The molecule has 2 aromatic rings. The first-order valence-electron chi connectivity index (χ1n) is 6.15. The highest BCUT2D eigenvalue weighted by Crippen LogP contribution is 2.14. The fraction of sp³-hybridized carbons (Fsp3) is 0.200. The predicted octanol–water partition coefficient (Wildman–Crippen LogP) is 2.39. The first-order valence-corrected chi connectivity index (χ1v) is 6.15. The van der Waals surface area contributed by atoms with Gasteiger partial charge in [0.1, 0.15) is 11.4 Å². The predicted molar refractivity (Wildman–Crippen MR) is 75.5 cm³/mol. The van der Waals surface area contributed by atoms with Crippen molar-refractivity contribution in [3.05, 3.63) is 63.3 Å². The van der Waals surface area contributed by atoms with Crippen LogP contribution in [0.25, 0.3) is 0 Å². The molecule has 0 aliphatic rings. The van der Waals surface area contributed by atoms with Crippen molar-refractivity contribution >= 4 is 11.6 Å². The quantitative estimate of drug-likeness (QED) is 0.914. The number of hydrogen-bond acceptors (Lipinski definition) is 2. The lowest BCUT2D eigenvalue weighted by molar-refractivity contribution is 0.102. The molecule has 1 aromatic carbocycles. The third-order valence-electron chi connectivity index (χ3n) is 3.22. The minimum atomic E-state index is -0.604. The molecule has 4 nitrogen and oxygen atoms in total. The van der Waals surface area contributed by atoms with Crippen LogP contribution in [-0.4, -0.2) is 10.5 Å². The molecule has 0 aliphatic carbocycles. The van der Waals surface area contributed by atoms with Crippen molar-refractivity contribution in [2.75, 3.05) is 5.32 Å². The fourth-order valence-electron chi connectivity index (χ4n) is 2.00. The van der Waals surface area contributed by atoms with Crippen molar-refractivity contribution in [2.24, 2.45) is 7.05 Å². The van der Waals surface area contributed by atoms with Crippen LogP contribution in [0, 0.1) is 19.7 Å². The van der Waals surface area contributed by atoms with Gasteiger partial charge in [-0.2, -0.15) is 0 Å². The third kappa shape index (κ3) is 2.47. The van der Waals surface area contributed by atoms with Gasteiger partial charge in [-0.25, -0.2) is 4.39 Å². The number of nitrogens with zero attached hydrogens (tertiary/aromatic N) is 1. The number of benzene rings is 1. The molecule has 104 valence electrons. The van der Waals surface area contributed by atoms with E-state index in [9.17, 15) is 14.0 Å². The molecule has 0 atom stereocenters. The second kappa shape index (κ2) is 5.28. The number of anilines is 1. The van der Waals surface area contributed by atoms with E-state index in [0.29, 0.717) is 5.56 Å². The Bertz CT molecular complexity index is 735. The summed E-state index contributed by atoms with van der Waals surface area (Å²) < 4.78 is 14.9. The molecule has 0 aliphatic heterocycles. The summed E-state index contributed by atoms with van der Waals surface area (Å²) in [4.78, 5) is 24.3. The molecule has 0 fully saturated rings. The molecule has 0 saturated heterocycles. The van der Waals surface area contributed by atoms with Crippen LogP contribution in [0.3, 0.4) is 0 Å². The van der Waals surface area contributed by atoms with Crippen LogP contribution in [0.5, 0.6) is 0 Å². The Hall–Kier alpha value is -2.43. The Balaban J connectivity index is 2.43. The summed E-state index contributed by atoms with van der Waals surface area (Å²) in [6, 6.07) is 7.58. The summed E-state index contributed by atoms with van der Waals surface area (Å²) in [6.45, 7) is 3.47. The highest BCUT2D eigenvalue weighted by atomic mass is 19.1. The molecule has 20 heavy (non-hydrogen) atoms. The zero-order valence-corrected chi connectivity index (χ0v) is 11.5. The van der Waals surface area contributed by atoms with Crippen LogP contribution in [0.1, 0.15) is 21.6 Å². The Kier molecular flexibility index (Phi) is 3.70. The van der Waals surface area contributed by atoms with Gasteiger partial charge in [0, 0.05) is 12.7 Å². The van der Waals surface area contributed by atoms with Gasteiger partial charge in [0.25, 0.3) is 11.5 Å². The Morgan fingerprint density at radius 1 is 1.25 bits per heavy atom. The number of nitrogens with one attached hydrogen (secondary N) is 1. The number of carbonyl (C=O) groups is 1. The lowest BCUT2D eigenvalue weighted by Gasteiger charge is -2.11. The zero-order valence-electron chi connectivity index (χ0n) is 11.5. The second-order valence-electron chi connectivity index (χ2n) is 4.64. The number of aromatic nitrogens is 1. The van der Waals surface area contributed by atoms with Crippen molar-refractivity contribution in [3.63, 3.8) is 0 Å². The first-order chi connectivity index (χ1) is 9.41. The number of hydrogen-bond donors (Lipinski definition) is 1. The van der Waals surface area contributed by atoms with E-state index < -0.39 is 17.3 Å². The van der Waals surface area contributed by atoms with Crippen LogP contribution < -0.4 is 10.9 Å². The zero-order chi connectivity index (χ0) is 14.9. The van der Waals surface area contributed by atoms with Gasteiger partial charge < -0.3 is 9.88 Å². The molecule has 2 rings (SSSR count). The number of carbonyl (C=O) groups excluding carboxylic acids is 1. The van der Waals surface area contributed by atoms with Crippen LogP contribution in [0.2, 0.25) is 0 Å². The van der Waals surface area contributed by atoms with E-state index in [0.717, 1.165) is 5.69 Å². The molecule has 1 amide bonds. The number of pyridine rings is 1. The second-order valence-corrected chi connectivity index (χ2v) is 4.64. The SMILES string of the molecule is Cc1cc(C)n(C)c(=O)c1C(=O)Nc1ccccc1F. The van der Waals surface area contributed by atoms with Crippen molar-refractivity contribution in [2.45, 2.75) is 13.8 Å². The summed E-state index contributed by atoms with van der Waals surface area (Å²) in [6.07, 6.45) is 0. The summed E-state index contributed by atoms with van der Waals surface area (Å²) in [5.74, 6) is -1.14. The van der Waals surface area contributed by atoms with Gasteiger partial charge in [-0.1, -0.05) is 12.1 Å². The van der Waals surface area contributed by atoms with Gasteiger partial charge >= 0.3 is 0 Å². The standard InChI is InChI=1S/C15H15FN2O2/c1-9-8-10(2)18(3)15(20)13(9)14(19)17-12-7-5-4-6-11(12)16/h4-8H,1-3H3,(H,17,19). The molecule has 0 radical (unpaired) electrons. The van der Waals surface area contributed by atoms with Gasteiger partial charge in [0.05, 0.1) is 5.69 Å². The summed E-state index contributed by atoms with van der Waals surface area (Å²) in [7, 11) is 1.59. The molecular formula is C15H15FN2O2. The summed E-state index contributed by atoms with van der Waals surface area (Å²) in [5.41, 5.74) is 1.02. The number of rotatable bonds is 2. The van der Waals surface area contributed by atoms with Crippen molar-refractivity contribution in [3.8, 4) is 0 Å². The molecule has 0 spiro atoms. The monoisotopic (exact) mass is 274 g/mol. The molecule has 5 heteroatoms. The fourth-order valence-corrected chi connectivity index (χ4v) is 2.00. The maximum absolute atomic E-state index is 13.5. The Morgan fingerprint density at radius 2 is 1.90 bits per heavy atom. The average Bonchev–Trinajstić information content (AvgIpc) is 2.39. The van der Waals surface area contributed by atoms with Crippen molar-refractivity contribution in [1.29, 1.82) is 0 Å². The Morgan fingerprint density at radius 3 is 2.55 bits per heavy atom. The van der Waals surface area contributed by atoms with Gasteiger partial charge in [-0.3, -0.25) is 9.59 Å². The van der Waals surface area contributed by atoms with Crippen molar-refractivity contribution < 1.29 is 9.18 Å².